The molecule has 0 spiro atoms. The summed E-state index contributed by atoms with van der Waals surface area (Å²) in [6, 6.07) is 15.1. The van der Waals surface area contributed by atoms with Crippen LogP contribution in [0.4, 0.5) is 10.5 Å². The normalized spacial score (nSPS) is 14.5. The van der Waals surface area contributed by atoms with E-state index in [9.17, 15) is 19.7 Å². The van der Waals surface area contributed by atoms with E-state index in [0.29, 0.717) is 28.6 Å². The number of carbonyl (C=O) groups is 2. The molecule has 0 N–H and O–H groups in total. The SMILES string of the molecule is CCOc1cc(/C=C2\SC(=O)N(Cc3ccccc3Br)C2=O)ccc1Oc1ccc([N+](=O)[O-])cn1. The van der Waals surface area contributed by atoms with Gasteiger partial charge in [0.2, 0.25) is 5.88 Å². The highest BCUT2D eigenvalue weighted by Gasteiger charge is 2.35. The zero-order valence-corrected chi connectivity index (χ0v) is 20.7. The molecule has 0 atom stereocenters. The molecular weight excluding hydrogens is 538 g/mol. The fraction of sp³-hybridized carbons (Fsp3) is 0.125. The van der Waals surface area contributed by atoms with E-state index in [1.807, 2.05) is 31.2 Å². The lowest BCUT2D eigenvalue weighted by atomic mass is 10.1. The van der Waals surface area contributed by atoms with Gasteiger partial charge in [-0.2, -0.15) is 0 Å². The molecule has 2 heterocycles. The monoisotopic (exact) mass is 555 g/mol. The molecule has 0 aliphatic carbocycles. The van der Waals surface area contributed by atoms with Crippen LogP contribution in [0.25, 0.3) is 6.08 Å². The van der Waals surface area contributed by atoms with Crippen molar-refractivity contribution in [3.63, 3.8) is 0 Å². The molecule has 0 unspecified atom stereocenters. The number of nitro groups is 1. The number of benzene rings is 2. The number of hydrogen-bond acceptors (Lipinski definition) is 8. The highest BCUT2D eigenvalue weighted by atomic mass is 79.9. The van der Waals surface area contributed by atoms with Crippen LogP contribution in [0.3, 0.4) is 0 Å². The van der Waals surface area contributed by atoms with Gasteiger partial charge in [0.1, 0.15) is 6.20 Å². The van der Waals surface area contributed by atoms with Crippen molar-refractivity contribution in [3.8, 4) is 17.4 Å². The summed E-state index contributed by atoms with van der Waals surface area (Å²) in [6.45, 7) is 2.34. The first kappa shape index (κ1) is 24.4. The lowest BCUT2D eigenvalue weighted by molar-refractivity contribution is -0.385. The van der Waals surface area contributed by atoms with Gasteiger partial charge in [-0.25, -0.2) is 4.98 Å². The first-order chi connectivity index (χ1) is 16.9. The molecule has 35 heavy (non-hydrogen) atoms. The molecule has 0 saturated carbocycles. The summed E-state index contributed by atoms with van der Waals surface area (Å²) in [7, 11) is 0. The van der Waals surface area contributed by atoms with Crippen molar-refractivity contribution < 1.29 is 24.0 Å². The quantitative estimate of drug-likeness (QED) is 0.184. The van der Waals surface area contributed by atoms with Gasteiger partial charge in [0.05, 0.1) is 23.0 Å². The number of imide groups is 1. The van der Waals surface area contributed by atoms with Gasteiger partial charge in [-0.1, -0.05) is 40.2 Å². The van der Waals surface area contributed by atoms with Crippen molar-refractivity contribution in [2.24, 2.45) is 0 Å². The van der Waals surface area contributed by atoms with Crippen LogP contribution in [0.2, 0.25) is 0 Å². The summed E-state index contributed by atoms with van der Waals surface area (Å²) in [5.41, 5.74) is 1.33. The Kier molecular flexibility index (Phi) is 7.47. The fourth-order valence-corrected chi connectivity index (χ4v) is 4.45. The van der Waals surface area contributed by atoms with E-state index in [1.165, 1.54) is 17.0 Å². The summed E-state index contributed by atoms with van der Waals surface area (Å²) in [4.78, 5) is 41.1. The largest absolute Gasteiger partial charge is 0.490 e. The summed E-state index contributed by atoms with van der Waals surface area (Å²) in [5, 5.41) is 10.5. The second-order valence-corrected chi connectivity index (χ2v) is 9.06. The maximum atomic E-state index is 12.9. The van der Waals surface area contributed by atoms with Gasteiger partial charge < -0.3 is 9.47 Å². The minimum Gasteiger partial charge on any atom is -0.490 e. The van der Waals surface area contributed by atoms with Gasteiger partial charge in [-0.15, -0.1) is 0 Å². The van der Waals surface area contributed by atoms with Gasteiger partial charge in [0.25, 0.3) is 16.8 Å². The Morgan fingerprint density at radius 3 is 2.63 bits per heavy atom. The molecule has 0 radical (unpaired) electrons. The Balaban J connectivity index is 1.54. The topological polar surface area (TPSA) is 112 Å². The van der Waals surface area contributed by atoms with E-state index in [1.54, 1.807) is 24.3 Å². The number of aromatic nitrogens is 1. The van der Waals surface area contributed by atoms with Crippen LogP contribution in [0, 0.1) is 10.1 Å². The van der Waals surface area contributed by atoms with E-state index in [4.69, 9.17) is 9.47 Å². The molecule has 1 aromatic heterocycles. The Bertz CT molecular complexity index is 1330. The van der Waals surface area contributed by atoms with Crippen LogP contribution >= 0.6 is 27.7 Å². The third kappa shape index (κ3) is 5.69. The third-order valence-electron chi connectivity index (χ3n) is 4.87. The highest BCUT2D eigenvalue weighted by Crippen LogP contribution is 2.37. The maximum Gasteiger partial charge on any atom is 0.293 e. The Morgan fingerprint density at radius 1 is 1.14 bits per heavy atom. The number of hydrogen-bond donors (Lipinski definition) is 0. The van der Waals surface area contributed by atoms with Crippen molar-refractivity contribution in [1.29, 1.82) is 0 Å². The van der Waals surface area contributed by atoms with E-state index >= 15 is 0 Å². The minimum atomic E-state index is -0.544. The molecule has 178 valence electrons. The first-order valence-corrected chi connectivity index (χ1v) is 12.0. The van der Waals surface area contributed by atoms with Gasteiger partial charge in [-0.3, -0.25) is 24.6 Å². The average Bonchev–Trinajstić information content (AvgIpc) is 3.10. The molecular formula is C24H18BrN3O6S. The summed E-state index contributed by atoms with van der Waals surface area (Å²) < 4.78 is 12.2. The minimum absolute atomic E-state index is 0.147. The molecule has 9 nitrogen and oxygen atoms in total. The Morgan fingerprint density at radius 2 is 1.94 bits per heavy atom. The van der Waals surface area contributed by atoms with Crippen molar-refractivity contribution in [2.45, 2.75) is 13.5 Å². The summed E-state index contributed by atoms with van der Waals surface area (Å²) in [6.07, 6.45) is 2.73. The van der Waals surface area contributed by atoms with Crippen molar-refractivity contribution in [1.82, 2.24) is 9.88 Å². The number of pyridine rings is 1. The van der Waals surface area contributed by atoms with Crippen molar-refractivity contribution in [3.05, 3.63) is 91.4 Å². The molecule has 3 aromatic rings. The fourth-order valence-electron chi connectivity index (χ4n) is 3.21. The summed E-state index contributed by atoms with van der Waals surface area (Å²) in [5.74, 6) is 0.544. The van der Waals surface area contributed by atoms with Crippen molar-refractivity contribution >= 4 is 50.6 Å². The zero-order chi connectivity index (χ0) is 24.9. The maximum absolute atomic E-state index is 12.9. The number of thioether (sulfide) groups is 1. The second kappa shape index (κ2) is 10.7. The van der Waals surface area contributed by atoms with Crippen LogP contribution in [0.15, 0.2) is 70.2 Å². The van der Waals surface area contributed by atoms with Crippen LogP contribution in [0.5, 0.6) is 17.4 Å². The summed E-state index contributed by atoms with van der Waals surface area (Å²) >= 11 is 4.32. The molecule has 1 saturated heterocycles. The molecule has 0 bridgehead atoms. The smallest absolute Gasteiger partial charge is 0.293 e. The molecule has 1 aliphatic rings. The zero-order valence-electron chi connectivity index (χ0n) is 18.3. The number of amides is 2. The lowest BCUT2D eigenvalue weighted by Gasteiger charge is -2.13. The second-order valence-electron chi connectivity index (χ2n) is 7.21. The predicted molar refractivity (Wildman–Crippen MR) is 134 cm³/mol. The molecule has 11 heteroatoms. The van der Waals surface area contributed by atoms with Crippen LogP contribution in [0.1, 0.15) is 18.1 Å². The van der Waals surface area contributed by atoms with E-state index in [-0.39, 0.29) is 29.3 Å². The van der Waals surface area contributed by atoms with E-state index in [0.717, 1.165) is 28.0 Å². The molecule has 1 aliphatic heterocycles. The number of halogens is 1. The number of nitrogens with zero attached hydrogens (tertiary/aromatic N) is 3. The van der Waals surface area contributed by atoms with Gasteiger partial charge >= 0.3 is 0 Å². The van der Waals surface area contributed by atoms with E-state index in [2.05, 4.69) is 20.9 Å². The van der Waals surface area contributed by atoms with Gasteiger partial charge in [0.15, 0.2) is 11.5 Å². The number of rotatable bonds is 8. The van der Waals surface area contributed by atoms with Gasteiger partial charge in [0, 0.05) is 16.6 Å². The highest BCUT2D eigenvalue weighted by molar-refractivity contribution is 9.10. The van der Waals surface area contributed by atoms with E-state index < -0.39 is 4.92 Å². The average molecular weight is 556 g/mol. The first-order valence-electron chi connectivity index (χ1n) is 10.4. The Hall–Kier alpha value is -3.70. The number of ether oxygens (including phenoxy) is 2. The van der Waals surface area contributed by atoms with Crippen LogP contribution in [-0.2, 0) is 11.3 Å². The van der Waals surface area contributed by atoms with Crippen LogP contribution in [-0.4, -0.2) is 32.6 Å². The molecule has 4 rings (SSSR count). The van der Waals surface area contributed by atoms with Crippen LogP contribution < -0.4 is 9.47 Å². The molecule has 1 fully saturated rings. The van der Waals surface area contributed by atoms with Gasteiger partial charge in [-0.05, 0) is 54.1 Å². The standard InChI is InChI=1S/C24H18BrN3O6S/c1-2-33-20-11-15(7-9-19(20)34-22-10-8-17(13-26-22)28(31)32)12-21-23(29)27(24(30)35-21)14-16-5-3-4-6-18(16)25/h3-13H,2,14H2,1H3/b21-12-. The predicted octanol–water partition coefficient (Wildman–Crippen LogP) is 6.18. The van der Waals surface area contributed by atoms with Crippen molar-refractivity contribution in [2.75, 3.05) is 6.61 Å². The number of carbonyl (C=O) groups excluding carboxylic acids is 2. The third-order valence-corrected chi connectivity index (χ3v) is 6.55. The molecule has 2 aromatic carbocycles. The molecule has 2 amide bonds. The lowest BCUT2D eigenvalue weighted by Crippen LogP contribution is -2.27. The Labute approximate surface area is 213 Å².